The minimum Gasteiger partial charge on any atom is -0.497 e. The standard InChI is InChI=1S/C15H14ClN5O3/c1-7-17-11(16)6-12(18-7)20-15-19-9-4-8(23-2)5-10(24-3)13(9)14(22)21-15/h4-6H,1-3H3,(H2,17,18,19,20,21,22). The van der Waals surface area contributed by atoms with Crippen LogP contribution in [0.2, 0.25) is 5.15 Å². The number of nitrogens with one attached hydrogen (secondary N) is 2. The lowest BCUT2D eigenvalue weighted by molar-refractivity contribution is 0.397. The zero-order valence-corrected chi connectivity index (χ0v) is 13.9. The Kier molecular flexibility index (Phi) is 4.22. The van der Waals surface area contributed by atoms with Crippen molar-refractivity contribution in [3.05, 3.63) is 39.5 Å². The number of aromatic nitrogens is 4. The molecule has 0 radical (unpaired) electrons. The number of anilines is 2. The molecule has 2 heterocycles. The lowest BCUT2D eigenvalue weighted by atomic mass is 10.2. The first kappa shape index (κ1) is 16.0. The zero-order chi connectivity index (χ0) is 17.3. The fourth-order valence-electron chi connectivity index (χ4n) is 2.27. The molecule has 9 heteroatoms. The largest absolute Gasteiger partial charge is 0.497 e. The van der Waals surface area contributed by atoms with Gasteiger partial charge >= 0.3 is 0 Å². The van der Waals surface area contributed by atoms with Gasteiger partial charge in [0.15, 0.2) is 0 Å². The highest BCUT2D eigenvalue weighted by molar-refractivity contribution is 6.29. The lowest BCUT2D eigenvalue weighted by Gasteiger charge is -2.10. The number of ether oxygens (including phenoxy) is 2. The van der Waals surface area contributed by atoms with E-state index < -0.39 is 0 Å². The molecule has 3 aromatic rings. The van der Waals surface area contributed by atoms with E-state index in [0.717, 1.165) is 0 Å². The summed E-state index contributed by atoms with van der Waals surface area (Å²) in [5.74, 6) is 2.05. The highest BCUT2D eigenvalue weighted by Gasteiger charge is 2.12. The predicted octanol–water partition coefficient (Wildman–Crippen LogP) is 2.44. The molecule has 24 heavy (non-hydrogen) atoms. The third-order valence-electron chi connectivity index (χ3n) is 3.25. The maximum Gasteiger partial charge on any atom is 0.263 e. The molecule has 1 aromatic carbocycles. The summed E-state index contributed by atoms with van der Waals surface area (Å²) in [6.45, 7) is 1.71. The minimum atomic E-state index is -0.348. The maximum absolute atomic E-state index is 12.4. The quantitative estimate of drug-likeness (QED) is 0.699. The van der Waals surface area contributed by atoms with Crippen LogP contribution >= 0.6 is 11.6 Å². The number of H-pyrrole nitrogens is 1. The van der Waals surface area contributed by atoms with Gasteiger partial charge in [0.1, 0.15) is 33.7 Å². The van der Waals surface area contributed by atoms with Crippen LogP contribution in [0.3, 0.4) is 0 Å². The van der Waals surface area contributed by atoms with Gasteiger partial charge in [-0.2, -0.15) is 0 Å². The summed E-state index contributed by atoms with van der Waals surface area (Å²) < 4.78 is 10.4. The van der Waals surface area contributed by atoms with Crippen molar-refractivity contribution >= 4 is 34.3 Å². The van der Waals surface area contributed by atoms with Crippen molar-refractivity contribution in [1.82, 2.24) is 19.9 Å². The molecule has 8 nitrogen and oxygen atoms in total. The summed E-state index contributed by atoms with van der Waals surface area (Å²) in [5.41, 5.74) is 0.0770. The Morgan fingerprint density at radius 3 is 2.58 bits per heavy atom. The molecular weight excluding hydrogens is 334 g/mol. The van der Waals surface area contributed by atoms with E-state index in [0.29, 0.717) is 34.0 Å². The number of hydrogen-bond donors (Lipinski definition) is 2. The van der Waals surface area contributed by atoms with E-state index in [4.69, 9.17) is 21.1 Å². The average molecular weight is 348 g/mol. The fraction of sp³-hybridized carbons (Fsp3) is 0.200. The summed E-state index contributed by atoms with van der Waals surface area (Å²) >= 11 is 5.91. The minimum absolute atomic E-state index is 0.219. The molecule has 0 unspecified atom stereocenters. The second-order valence-corrected chi connectivity index (χ2v) is 5.27. The van der Waals surface area contributed by atoms with E-state index in [1.165, 1.54) is 20.3 Å². The molecule has 0 amide bonds. The second-order valence-electron chi connectivity index (χ2n) is 4.89. The molecular formula is C15H14ClN5O3. The van der Waals surface area contributed by atoms with Crippen LogP contribution in [0.15, 0.2) is 23.0 Å². The highest BCUT2D eigenvalue weighted by Crippen LogP contribution is 2.28. The summed E-state index contributed by atoms with van der Waals surface area (Å²) in [6, 6.07) is 4.81. The molecule has 0 atom stereocenters. The first-order valence-electron chi connectivity index (χ1n) is 6.94. The zero-order valence-electron chi connectivity index (χ0n) is 13.2. The normalized spacial score (nSPS) is 10.7. The van der Waals surface area contributed by atoms with Gasteiger partial charge in [0.05, 0.1) is 19.7 Å². The van der Waals surface area contributed by atoms with Gasteiger partial charge in [0, 0.05) is 18.2 Å². The Morgan fingerprint density at radius 2 is 1.92 bits per heavy atom. The molecule has 0 aliphatic heterocycles. The monoisotopic (exact) mass is 347 g/mol. The van der Waals surface area contributed by atoms with E-state index >= 15 is 0 Å². The van der Waals surface area contributed by atoms with Gasteiger partial charge in [0.25, 0.3) is 5.56 Å². The predicted molar refractivity (Wildman–Crippen MR) is 90.5 cm³/mol. The van der Waals surface area contributed by atoms with Crippen LogP contribution in [0.5, 0.6) is 11.5 Å². The lowest BCUT2D eigenvalue weighted by Crippen LogP contribution is -2.13. The van der Waals surface area contributed by atoms with E-state index in [1.54, 1.807) is 19.1 Å². The smallest absolute Gasteiger partial charge is 0.263 e. The molecule has 0 spiro atoms. The summed E-state index contributed by atoms with van der Waals surface area (Å²) in [4.78, 5) is 27.6. The molecule has 0 saturated carbocycles. The van der Waals surface area contributed by atoms with Gasteiger partial charge < -0.3 is 14.8 Å². The number of fused-ring (bicyclic) bond motifs is 1. The third-order valence-corrected chi connectivity index (χ3v) is 3.45. The summed E-state index contributed by atoms with van der Waals surface area (Å²) in [7, 11) is 3.00. The number of benzene rings is 1. The molecule has 0 aliphatic carbocycles. The molecule has 2 aromatic heterocycles. The van der Waals surface area contributed by atoms with E-state index in [1.807, 2.05) is 0 Å². The van der Waals surface area contributed by atoms with Crippen molar-refractivity contribution in [3.63, 3.8) is 0 Å². The average Bonchev–Trinajstić information content (AvgIpc) is 2.52. The number of methoxy groups -OCH3 is 2. The van der Waals surface area contributed by atoms with Gasteiger partial charge in [-0.3, -0.25) is 9.78 Å². The van der Waals surface area contributed by atoms with Crippen LogP contribution in [0.25, 0.3) is 10.9 Å². The first-order chi connectivity index (χ1) is 11.5. The van der Waals surface area contributed by atoms with Crippen molar-refractivity contribution in [3.8, 4) is 11.5 Å². The van der Waals surface area contributed by atoms with Crippen molar-refractivity contribution in [2.75, 3.05) is 19.5 Å². The maximum atomic E-state index is 12.4. The van der Waals surface area contributed by atoms with Crippen molar-refractivity contribution < 1.29 is 9.47 Å². The van der Waals surface area contributed by atoms with Gasteiger partial charge in [-0.15, -0.1) is 0 Å². The topological polar surface area (TPSA) is 102 Å². The Morgan fingerprint density at radius 1 is 1.12 bits per heavy atom. The van der Waals surface area contributed by atoms with E-state index in [9.17, 15) is 4.79 Å². The van der Waals surface area contributed by atoms with Gasteiger partial charge in [0.2, 0.25) is 5.95 Å². The van der Waals surface area contributed by atoms with E-state index in [-0.39, 0.29) is 16.7 Å². The summed E-state index contributed by atoms with van der Waals surface area (Å²) in [5, 5.41) is 3.53. The first-order valence-corrected chi connectivity index (χ1v) is 7.32. The van der Waals surface area contributed by atoms with Crippen molar-refractivity contribution in [1.29, 1.82) is 0 Å². The molecule has 2 N–H and O–H groups in total. The fourth-order valence-corrected chi connectivity index (χ4v) is 2.49. The number of rotatable bonds is 4. The van der Waals surface area contributed by atoms with Crippen LogP contribution in [0.1, 0.15) is 5.82 Å². The molecule has 0 aliphatic rings. The van der Waals surface area contributed by atoms with Crippen LogP contribution in [0.4, 0.5) is 11.8 Å². The molecule has 0 bridgehead atoms. The number of hydrogen-bond acceptors (Lipinski definition) is 7. The Balaban J connectivity index is 2.11. The second kappa shape index (κ2) is 6.32. The molecule has 124 valence electrons. The van der Waals surface area contributed by atoms with Crippen molar-refractivity contribution in [2.24, 2.45) is 0 Å². The van der Waals surface area contributed by atoms with Crippen LogP contribution < -0.4 is 20.3 Å². The van der Waals surface area contributed by atoms with Gasteiger partial charge in [-0.05, 0) is 6.92 Å². The van der Waals surface area contributed by atoms with Crippen LogP contribution in [-0.4, -0.2) is 34.2 Å². The van der Waals surface area contributed by atoms with Crippen LogP contribution in [-0.2, 0) is 0 Å². The van der Waals surface area contributed by atoms with E-state index in [2.05, 4.69) is 25.3 Å². The molecule has 0 fully saturated rings. The number of nitrogens with zero attached hydrogens (tertiary/aromatic N) is 3. The SMILES string of the molecule is COc1cc(OC)c2c(=O)[nH]c(Nc3cc(Cl)nc(C)n3)nc2c1. The highest BCUT2D eigenvalue weighted by atomic mass is 35.5. The number of halogens is 1. The molecule has 3 rings (SSSR count). The third kappa shape index (κ3) is 3.09. The molecule has 0 saturated heterocycles. The summed E-state index contributed by atoms with van der Waals surface area (Å²) in [6.07, 6.45) is 0. The van der Waals surface area contributed by atoms with Crippen molar-refractivity contribution in [2.45, 2.75) is 6.92 Å². The number of aryl methyl sites for hydroxylation is 1. The van der Waals surface area contributed by atoms with Gasteiger partial charge in [-0.1, -0.05) is 11.6 Å². The number of aromatic amines is 1. The van der Waals surface area contributed by atoms with Crippen LogP contribution in [0, 0.1) is 6.92 Å². The Hall–Kier alpha value is -2.87. The Bertz CT molecular complexity index is 953. The van der Waals surface area contributed by atoms with Gasteiger partial charge in [-0.25, -0.2) is 15.0 Å². The Labute approximate surface area is 141 Å².